The van der Waals surface area contributed by atoms with E-state index in [2.05, 4.69) is 46.4 Å². The molecule has 0 spiro atoms. The summed E-state index contributed by atoms with van der Waals surface area (Å²) in [5, 5.41) is 4.41. The Bertz CT molecular complexity index is 526. The first-order valence-corrected chi connectivity index (χ1v) is 8.38. The fraction of sp³-hybridized carbons (Fsp3) is 0.333. The third kappa shape index (κ3) is 4.60. The summed E-state index contributed by atoms with van der Waals surface area (Å²) in [6.45, 7) is 3.12. The Kier molecular flexibility index (Phi) is 5.89. The van der Waals surface area contributed by atoms with E-state index in [0.717, 1.165) is 24.4 Å². The SMILES string of the molecule is CCNC(Cc1ccc(Br)s1)Cc1ccccc1Cl. The van der Waals surface area contributed by atoms with Crippen molar-refractivity contribution in [1.29, 1.82) is 0 Å². The zero-order chi connectivity index (χ0) is 13.7. The molecule has 19 heavy (non-hydrogen) atoms. The van der Waals surface area contributed by atoms with Crippen molar-refractivity contribution in [3.05, 3.63) is 55.6 Å². The van der Waals surface area contributed by atoms with Gasteiger partial charge in [0.2, 0.25) is 0 Å². The van der Waals surface area contributed by atoms with Gasteiger partial charge in [0, 0.05) is 15.9 Å². The van der Waals surface area contributed by atoms with E-state index in [1.807, 2.05) is 18.2 Å². The summed E-state index contributed by atoms with van der Waals surface area (Å²) in [6.07, 6.45) is 2.00. The number of rotatable bonds is 6. The van der Waals surface area contributed by atoms with Gasteiger partial charge in [-0.15, -0.1) is 11.3 Å². The van der Waals surface area contributed by atoms with Crippen molar-refractivity contribution in [2.45, 2.75) is 25.8 Å². The smallest absolute Gasteiger partial charge is 0.0701 e. The summed E-state index contributed by atoms with van der Waals surface area (Å²) in [4.78, 5) is 1.39. The minimum absolute atomic E-state index is 0.426. The Morgan fingerprint density at radius 1 is 1.21 bits per heavy atom. The monoisotopic (exact) mass is 357 g/mol. The van der Waals surface area contributed by atoms with E-state index in [0.29, 0.717) is 6.04 Å². The van der Waals surface area contributed by atoms with Gasteiger partial charge in [-0.3, -0.25) is 0 Å². The van der Waals surface area contributed by atoms with Crippen LogP contribution in [0.15, 0.2) is 40.2 Å². The summed E-state index contributed by atoms with van der Waals surface area (Å²) in [6, 6.07) is 12.8. The minimum Gasteiger partial charge on any atom is -0.314 e. The summed E-state index contributed by atoms with van der Waals surface area (Å²) in [5.41, 5.74) is 1.21. The highest BCUT2D eigenvalue weighted by Gasteiger charge is 2.12. The van der Waals surface area contributed by atoms with Crippen LogP contribution in [0, 0.1) is 0 Å². The van der Waals surface area contributed by atoms with Crippen molar-refractivity contribution in [2.24, 2.45) is 0 Å². The number of likely N-dealkylation sites (N-methyl/N-ethyl adjacent to an activating group) is 1. The van der Waals surface area contributed by atoms with Gasteiger partial charge >= 0.3 is 0 Å². The standard InChI is InChI=1S/C15H17BrClNS/c1-2-18-12(10-13-7-8-15(16)19-13)9-11-5-3-4-6-14(11)17/h3-8,12,18H,2,9-10H2,1H3. The topological polar surface area (TPSA) is 12.0 Å². The normalized spacial score (nSPS) is 12.6. The van der Waals surface area contributed by atoms with Crippen molar-refractivity contribution in [3.63, 3.8) is 0 Å². The predicted octanol–water partition coefficient (Wildman–Crippen LogP) is 4.93. The fourth-order valence-electron chi connectivity index (χ4n) is 2.14. The second kappa shape index (κ2) is 7.44. The van der Waals surface area contributed by atoms with Crippen LogP contribution in [0.3, 0.4) is 0 Å². The highest BCUT2D eigenvalue weighted by Crippen LogP contribution is 2.24. The van der Waals surface area contributed by atoms with Gasteiger partial charge in [0.25, 0.3) is 0 Å². The summed E-state index contributed by atoms with van der Waals surface area (Å²) in [5.74, 6) is 0. The summed E-state index contributed by atoms with van der Waals surface area (Å²) in [7, 11) is 0. The average molecular weight is 359 g/mol. The Balaban J connectivity index is 2.06. The lowest BCUT2D eigenvalue weighted by Crippen LogP contribution is -2.32. The molecule has 4 heteroatoms. The highest BCUT2D eigenvalue weighted by molar-refractivity contribution is 9.11. The average Bonchev–Trinajstić information content (AvgIpc) is 2.78. The molecule has 2 rings (SSSR count). The number of hydrogen-bond donors (Lipinski definition) is 1. The maximum absolute atomic E-state index is 6.24. The van der Waals surface area contributed by atoms with E-state index in [9.17, 15) is 0 Å². The van der Waals surface area contributed by atoms with Crippen LogP contribution in [0.5, 0.6) is 0 Å². The van der Waals surface area contributed by atoms with Crippen LogP contribution < -0.4 is 5.32 Å². The Morgan fingerprint density at radius 2 is 2.00 bits per heavy atom. The number of halogens is 2. The van der Waals surface area contributed by atoms with Crippen LogP contribution in [0.25, 0.3) is 0 Å². The van der Waals surface area contributed by atoms with Gasteiger partial charge in [-0.1, -0.05) is 36.7 Å². The highest BCUT2D eigenvalue weighted by atomic mass is 79.9. The molecular weight excluding hydrogens is 342 g/mol. The minimum atomic E-state index is 0.426. The summed E-state index contributed by atoms with van der Waals surface area (Å²) >= 11 is 11.6. The van der Waals surface area contributed by atoms with Crippen LogP contribution in [-0.4, -0.2) is 12.6 Å². The lowest BCUT2D eigenvalue weighted by atomic mass is 10.0. The number of hydrogen-bond acceptors (Lipinski definition) is 2. The fourth-order valence-corrected chi connectivity index (χ4v) is 3.91. The van der Waals surface area contributed by atoms with Gasteiger partial charge in [0.15, 0.2) is 0 Å². The zero-order valence-electron chi connectivity index (χ0n) is 10.8. The number of thiophene rings is 1. The van der Waals surface area contributed by atoms with Gasteiger partial charge < -0.3 is 5.32 Å². The lowest BCUT2D eigenvalue weighted by molar-refractivity contribution is 0.524. The molecule has 1 N–H and O–H groups in total. The van der Waals surface area contributed by atoms with Gasteiger partial charge in [-0.2, -0.15) is 0 Å². The molecule has 0 aliphatic heterocycles. The van der Waals surface area contributed by atoms with Crippen molar-refractivity contribution < 1.29 is 0 Å². The summed E-state index contributed by atoms with van der Waals surface area (Å²) < 4.78 is 1.19. The molecule has 0 radical (unpaired) electrons. The Morgan fingerprint density at radius 3 is 2.63 bits per heavy atom. The number of benzene rings is 1. The third-order valence-electron chi connectivity index (χ3n) is 2.99. The predicted molar refractivity (Wildman–Crippen MR) is 88.3 cm³/mol. The maximum atomic E-state index is 6.24. The van der Waals surface area contributed by atoms with E-state index >= 15 is 0 Å². The van der Waals surface area contributed by atoms with Gasteiger partial charge in [-0.25, -0.2) is 0 Å². The van der Waals surface area contributed by atoms with Crippen molar-refractivity contribution >= 4 is 38.9 Å². The molecule has 1 aromatic heterocycles. The van der Waals surface area contributed by atoms with Crippen molar-refractivity contribution in [2.75, 3.05) is 6.54 Å². The van der Waals surface area contributed by atoms with Crippen molar-refractivity contribution in [3.8, 4) is 0 Å². The van der Waals surface area contributed by atoms with Gasteiger partial charge in [0.05, 0.1) is 3.79 Å². The first kappa shape index (κ1) is 15.0. The van der Waals surface area contributed by atoms with Crippen LogP contribution in [-0.2, 0) is 12.8 Å². The molecular formula is C15H17BrClNS. The molecule has 0 aliphatic carbocycles. The van der Waals surface area contributed by atoms with Gasteiger partial charge in [-0.05, 0) is 59.1 Å². The van der Waals surface area contributed by atoms with Crippen LogP contribution >= 0.6 is 38.9 Å². The van der Waals surface area contributed by atoms with Crippen LogP contribution in [0.2, 0.25) is 5.02 Å². The molecule has 0 saturated heterocycles. The molecule has 1 atom stereocenters. The molecule has 1 nitrogen and oxygen atoms in total. The molecule has 1 aromatic carbocycles. The Labute approximate surface area is 132 Å². The molecule has 0 saturated carbocycles. The van der Waals surface area contributed by atoms with E-state index in [1.165, 1.54) is 14.2 Å². The molecule has 1 unspecified atom stereocenters. The Hall–Kier alpha value is -0.350. The maximum Gasteiger partial charge on any atom is 0.0701 e. The molecule has 0 bridgehead atoms. The van der Waals surface area contributed by atoms with Crippen LogP contribution in [0.1, 0.15) is 17.4 Å². The first-order valence-electron chi connectivity index (χ1n) is 6.40. The first-order chi connectivity index (χ1) is 9.19. The molecule has 102 valence electrons. The second-order valence-corrected chi connectivity index (χ2v) is 7.41. The van der Waals surface area contributed by atoms with Crippen LogP contribution in [0.4, 0.5) is 0 Å². The zero-order valence-corrected chi connectivity index (χ0v) is 14.0. The van der Waals surface area contributed by atoms with E-state index in [-0.39, 0.29) is 0 Å². The molecule has 0 amide bonds. The molecule has 0 fully saturated rings. The molecule has 0 aliphatic rings. The largest absolute Gasteiger partial charge is 0.314 e. The second-order valence-electron chi connectivity index (χ2n) is 4.46. The molecule has 2 aromatic rings. The quantitative estimate of drug-likeness (QED) is 0.772. The lowest BCUT2D eigenvalue weighted by Gasteiger charge is -2.18. The van der Waals surface area contributed by atoms with Gasteiger partial charge in [0.1, 0.15) is 0 Å². The van der Waals surface area contributed by atoms with E-state index < -0.39 is 0 Å². The van der Waals surface area contributed by atoms with E-state index in [1.54, 1.807) is 11.3 Å². The third-order valence-corrected chi connectivity index (χ3v) is 5.01. The van der Waals surface area contributed by atoms with Crippen molar-refractivity contribution in [1.82, 2.24) is 5.32 Å². The number of nitrogens with one attached hydrogen (secondary N) is 1. The molecule has 1 heterocycles. The van der Waals surface area contributed by atoms with E-state index in [4.69, 9.17) is 11.6 Å².